The van der Waals surface area contributed by atoms with E-state index in [1.165, 1.54) is 12.1 Å². The molecule has 0 bridgehead atoms. The average molecular weight is 473 g/mol. The Balaban J connectivity index is 1.77. The van der Waals surface area contributed by atoms with Gasteiger partial charge in [-0.3, -0.25) is 0 Å². The summed E-state index contributed by atoms with van der Waals surface area (Å²) < 4.78 is 43.3. The first-order valence-corrected chi connectivity index (χ1v) is 11.2. The molecule has 0 spiro atoms. The van der Waals surface area contributed by atoms with Crippen molar-refractivity contribution >= 4 is 23.3 Å². The molecule has 0 aliphatic rings. The maximum atomic E-state index is 12.7. The standard InChI is InChI=1S/C26H23F3O3S/c1-18-15-22(32-17-25(30)31)11-12-24(18)33-14-13-23(20-5-3-2-4-6-20)21-9-7-19(8-10-21)16-26(27,28)29/h2-13,15H,14,16-17H2,1H3,(H,30,31). The summed E-state index contributed by atoms with van der Waals surface area (Å²) in [7, 11) is 0. The van der Waals surface area contributed by atoms with E-state index in [-0.39, 0.29) is 5.56 Å². The molecule has 0 atom stereocenters. The van der Waals surface area contributed by atoms with E-state index >= 15 is 0 Å². The molecule has 3 aromatic rings. The van der Waals surface area contributed by atoms with Gasteiger partial charge in [-0.2, -0.15) is 13.2 Å². The van der Waals surface area contributed by atoms with Gasteiger partial charge in [-0.15, -0.1) is 11.8 Å². The summed E-state index contributed by atoms with van der Waals surface area (Å²) >= 11 is 1.61. The van der Waals surface area contributed by atoms with E-state index in [1.807, 2.05) is 43.3 Å². The highest BCUT2D eigenvalue weighted by Crippen LogP contribution is 2.30. The molecular weight excluding hydrogens is 449 g/mol. The van der Waals surface area contributed by atoms with Crippen LogP contribution in [0.5, 0.6) is 5.75 Å². The highest BCUT2D eigenvalue weighted by atomic mass is 32.2. The predicted molar refractivity (Wildman–Crippen MR) is 125 cm³/mol. The normalized spacial score (nSPS) is 11.9. The van der Waals surface area contributed by atoms with Gasteiger partial charge in [0.15, 0.2) is 6.61 Å². The second kappa shape index (κ2) is 11.1. The first-order valence-electron chi connectivity index (χ1n) is 10.2. The fourth-order valence-electron chi connectivity index (χ4n) is 3.29. The van der Waals surface area contributed by atoms with Crippen molar-refractivity contribution in [2.24, 2.45) is 0 Å². The van der Waals surface area contributed by atoms with Crippen molar-refractivity contribution in [3.8, 4) is 5.75 Å². The van der Waals surface area contributed by atoms with Gasteiger partial charge in [0, 0.05) is 10.6 Å². The SMILES string of the molecule is Cc1cc(OCC(=O)O)ccc1SCC=C(c1ccccc1)c1ccc(CC(F)(F)F)cc1. The molecule has 3 nitrogen and oxygen atoms in total. The van der Waals surface area contributed by atoms with E-state index in [4.69, 9.17) is 9.84 Å². The summed E-state index contributed by atoms with van der Waals surface area (Å²) in [6, 6.07) is 21.6. The topological polar surface area (TPSA) is 46.5 Å². The number of hydrogen-bond acceptors (Lipinski definition) is 3. The third kappa shape index (κ3) is 7.71. The number of benzene rings is 3. The number of halogens is 3. The zero-order chi connectivity index (χ0) is 23.8. The lowest BCUT2D eigenvalue weighted by Gasteiger charge is -2.12. The van der Waals surface area contributed by atoms with E-state index in [1.54, 1.807) is 36.0 Å². The lowest BCUT2D eigenvalue weighted by atomic mass is 9.96. The lowest BCUT2D eigenvalue weighted by molar-refractivity contribution is -0.139. The Kier molecular flexibility index (Phi) is 8.22. The highest BCUT2D eigenvalue weighted by molar-refractivity contribution is 7.99. The molecular formula is C26H23F3O3S. The van der Waals surface area contributed by atoms with Crippen molar-refractivity contribution in [3.63, 3.8) is 0 Å². The van der Waals surface area contributed by atoms with Gasteiger partial charge in [-0.1, -0.05) is 60.7 Å². The quantitative estimate of drug-likeness (QED) is 0.349. The summed E-state index contributed by atoms with van der Waals surface area (Å²) in [4.78, 5) is 11.7. The second-order valence-corrected chi connectivity index (χ2v) is 8.46. The first-order chi connectivity index (χ1) is 15.7. The molecule has 0 aliphatic carbocycles. The van der Waals surface area contributed by atoms with E-state index in [9.17, 15) is 18.0 Å². The third-order valence-electron chi connectivity index (χ3n) is 4.79. The predicted octanol–water partition coefficient (Wildman–Crippen LogP) is 6.79. The summed E-state index contributed by atoms with van der Waals surface area (Å²) in [6.07, 6.45) is -3.12. The van der Waals surface area contributed by atoms with Gasteiger partial charge >= 0.3 is 12.1 Å². The number of rotatable bonds is 9. The number of carbonyl (C=O) groups is 1. The zero-order valence-electron chi connectivity index (χ0n) is 17.9. The van der Waals surface area contributed by atoms with Crippen LogP contribution in [-0.2, 0) is 11.2 Å². The zero-order valence-corrected chi connectivity index (χ0v) is 18.7. The third-order valence-corrected chi connectivity index (χ3v) is 5.89. The Morgan fingerprint density at radius 3 is 2.27 bits per heavy atom. The molecule has 172 valence electrons. The van der Waals surface area contributed by atoms with E-state index in [0.29, 0.717) is 11.5 Å². The summed E-state index contributed by atoms with van der Waals surface area (Å²) in [5, 5.41) is 8.73. The molecule has 0 radical (unpaired) electrons. The van der Waals surface area contributed by atoms with Gasteiger partial charge in [0.05, 0.1) is 6.42 Å². The maximum absolute atomic E-state index is 12.7. The van der Waals surface area contributed by atoms with Crippen molar-refractivity contribution in [2.45, 2.75) is 24.4 Å². The average Bonchev–Trinajstić information content (AvgIpc) is 2.77. The van der Waals surface area contributed by atoms with Crippen LogP contribution >= 0.6 is 11.8 Å². The first kappa shape index (κ1) is 24.5. The molecule has 33 heavy (non-hydrogen) atoms. The Bertz CT molecular complexity index is 1110. The smallest absolute Gasteiger partial charge is 0.393 e. The lowest BCUT2D eigenvalue weighted by Crippen LogP contribution is -2.11. The van der Waals surface area contributed by atoms with Gasteiger partial charge < -0.3 is 9.84 Å². The molecule has 0 aliphatic heterocycles. The number of hydrogen-bond donors (Lipinski definition) is 1. The molecule has 0 aromatic heterocycles. The van der Waals surface area contributed by atoms with Crippen molar-refractivity contribution in [1.29, 1.82) is 0 Å². The van der Waals surface area contributed by atoms with Gasteiger partial charge in [-0.25, -0.2) is 4.79 Å². The minimum atomic E-state index is -4.23. The number of aliphatic carboxylic acids is 1. The molecule has 1 N–H and O–H groups in total. The van der Waals surface area contributed by atoms with Crippen LogP contribution in [0.1, 0.15) is 22.3 Å². The number of ether oxygens (including phenoxy) is 1. The van der Waals surface area contributed by atoms with Crippen LogP contribution in [0.15, 0.2) is 83.8 Å². The van der Waals surface area contributed by atoms with Crippen LogP contribution in [0.25, 0.3) is 5.57 Å². The van der Waals surface area contributed by atoms with Crippen LogP contribution in [0.2, 0.25) is 0 Å². The van der Waals surface area contributed by atoms with E-state index in [0.717, 1.165) is 27.2 Å². The molecule has 0 saturated heterocycles. The Hall–Kier alpha value is -3.19. The number of carboxylic acid groups (broad SMARTS) is 1. The van der Waals surface area contributed by atoms with Crippen molar-refractivity contribution in [1.82, 2.24) is 0 Å². The Morgan fingerprint density at radius 2 is 1.67 bits per heavy atom. The van der Waals surface area contributed by atoms with Crippen LogP contribution < -0.4 is 4.74 Å². The van der Waals surface area contributed by atoms with Crippen LogP contribution in [0.3, 0.4) is 0 Å². The van der Waals surface area contributed by atoms with Crippen molar-refractivity contribution in [2.75, 3.05) is 12.4 Å². The number of carboxylic acids is 1. The number of thioether (sulfide) groups is 1. The molecule has 7 heteroatoms. The minimum Gasteiger partial charge on any atom is -0.482 e. The van der Waals surface area contributed by atoms with Gasteiger partial charge in [-0.05, 0) is 52.9 Å². The minimum absolute atomic E-state index is 0.230. The fourth-order valence-corrected chi connectivity index (χ4v) is 4.17. The molecule has 3 aromatic carbocycles. The molecule has 0 amide bonds. The largest absolute Gasteiger partial charge is 0.482 e. The van der Waals surface area contributed by atoms with Gasteiger partial charge in [0.1, 0.15) is 5.75 Å². The summed E-state index contributed by atoms with van der Waals surface area (Å²) in [5.41, 5.74) is 3.97. The van der Waals surface area contributed by atoms with Crippen molar-refractivity contribution < 1.29 is 27.8 Å². The van der Waals surface area contributed by atoms with Gasteiger partial charge in [0.25, 0.3) is 0 Å². The summed E-state index contributed by atoms with van der Waals surface area (Å²) in [5.74, 6) is 0.111. The molecule has 0 unspecified atom stereocenters. The Labute approximate surface area is 194 Å². The fraction of sp³-hybridized carbons (Fsp3) is 0.192. The molecule has 3 rings (SSSR count). The number of aryl methyl sites for hydroxylation is 1. The van der Waals surface area contributed by atoms with Crippen LogP contribution in [-0.4, -0.2) is 29.6 Å². The van der Waals surface area contributed by atoms with Crippen LogP contribution in [0.4, 0.5) is 13.2 Å². The van der Waals surface area contributed by atoms with Crippen LogP contribution in [0, 0.1) is 6.92 Å². The van der Waals surface area contributed by atoms with E-state index < -0.39 is 25.2 Å². The van der Waals surface area contributed by atoms with Gasteiger partial charge in [0.2, 0.25) is 0 Å². The molecule has 0 saturated carbocycles. The summed E-state index contributed by atoms with van der Waals surface area (Å²) in [6.45, 7) is 1.54. The number of alkyl halides is 3. The van der Waals surface area contributed by atoms with Crippen molar-refractivity contribution in [3.05, 3.63) is 101 Å². The highest BCUT2D eigenvalue weighted by Gasteiger charge is 2.27. The maximum Gasteiger partial charge on any atom is 0.393 e. The Morgan fingerprint density at radius 1 is 1.00 bits per heavy atom. The monoisotopic (exact) mass is 472 g/mol. The molecule has 0 fully saturated rings. The second-order valence-electron chi connectivity index (χ2n) is 7.39. The molecule has 0 heterocycles. The van der Waals surface area contributed by atoms with E-state index in [2.05, 4.69) is 6.08 Å².